The number of hydrogen-bond donors (Lipinski definition) is 1. The monoisotopic (exact) mass is 274 g/mol. The third-order valence-corrected chi connectivity index (χ3v) is 2.94. The maximum absolute atomic E-state index is 13.3. The van der Waals surface area contributed by atoms with Crippen LogP contribution in [0, 0.1) is 5.82 Å². The van der Waals surface area contributed by atoms with Crippen molar-refractivity contribution in [3.63, 3.8) is 0 Å². The van der Waals surface area contributed by atoms with E-state index >= 15 is 0 Å². The Morgan fingerprint density at radius 3 is 2.60 bits per heavy atom. The van der Waals surface area contributed by atoms with E-state index in [4.69, 9.17) is 5.11 Å². The maximum Gasteiger partial charge on any atom is 0.304 e. The fraction of sp³-hybridized carbons (Fsp3) is 0.364. The molecule has 15 heavy (non-hydrogen) atoms. The number of halogens is 2. The second-order valence-electron chi connectivity index (χ2n) is 4.08. The number of benzene rings is 1. The lowest BCUT2D eigenvalue weighted by Crippen LogP contribution is -2.21. The molecule has 0 saturated carbocycles. The van der Waals surface area contributed by atoms with E-state index < -0.39 is 11.4 Å². The minimum atomic E-state index is -0.886. The lowest BCUT2D eigenvalue weighted by Gasteiger charge is -2.23. The fourth-order valence-electron chi connectivity index (χ4n) is 1.40. The zero-order chi connectivity index (χ0) is 11.6. The van der Waals surface area contributed by atoms with Crippen LogP contribution >= 0.6 is 15.9 Å². The van der Waals surface area contributed by atoms with Crippen LogP contribution in [0.5, 0.6) is 0 Å². The number of carboxylic acids is 1. The Bertz CT molecular complexity index is 388. The Hall–Kier alpha value is -0.900. The van der Waals surface area contributed by atoms with Crippen LogP contribution in [0.15, 0.2) is 22.7 Å². The first-order valence-electron chi connectivity index (χ1n) is 4.50. The average Bonchev–Trinajstić information content (AvgIpc) is 2.07. The van der Waals surface area contributed by atoms with Crippen molar-refractivity contribution < 1.29 is 14.3 Å². The van der Waals surface area contributed by atoms with Crippen molar-refractivity contribution in [1.82, 2.24) is 0 Å². The highest BCUT2D eigenvalue weighted by Crippen LogP contribution is 2.29. The Kier molecular flexibility index (Phi) is 3.50. The summed E-state index contributed by atoms with van der Waals surface area (Å²) in [6.45, 7) is 3.56. The van der Waals surface area contributed by atoms with E-state index in [1.807, 2.05) is 0 Å². The van der Waals surface area contributed by atoms with Gasteiger partial charge >= 0.3 is 5.97 Å². The lowest BCUT2D eigenvalue weighted by atomic mass is 9.81. The molecule has 0 bridgehead atoms. The van der Waals surface area contributed by atoms with E-state index in [9.17, 15) is 9.18 Å². The summed E-state index contributed by atoms with van der Waals surface area (Å²) >= 11 is 3.06. The third-order valence-electron chi connectivity index (χ3n) is 2.29. The van der Waals surface area contributed by atoms with Crippen molar-refractivity contribution in [2.75, 3.05) is 0 Å². The van der Waals surface area contributed by atoms with E-state index in [0.717, 1.165) is 0 Å². The van der Waals surface area contributed by atoms with Gasteiger partial charge in [0.15, 0.2) is 0 Å². The Balaban J connectivity index is 3.04. The molecule has 0 fully saturated rings. The van der Waals surface area contributed by atoms with Gasteiger partial charge in [0.25, 0.3) is 0 Å². The minimum Gasteiger partial charge on any atom is -0.481 e. The Labute approximate surface area is 96.2 Å². The van der Waals surface area contributed by atoms with Gasteiger partial charge in [-0.25, -0.2) is 4.39 Å². The average molecular weight is 275 g/mol. The fourth-order valence-corrected chi connectivity index (χ4v) is 1.64. The van der Waals surface area contributed by atoms with Gasteiger partial charge in [0.1, 0.15) is 5.82 Å². The number of hydrogen-bond acceptors (Lipinski definition) is 1. The molecule has 1 aromatic rings. The predicted octanol–water partition coefficient (Wildman–Crippen LogP) is 3.34. The maximum atomic E-state index is 13.3. The second-order valence-corrected chi connectivity index (χ2v) is 4.94. The molecule has 0 saturated heterocycles. The summed E-state index contributed by atoms with van der Waals surface area (Å²) in [7, 11) is 0. The third kappa shape index (κ3) is 3.02. The number of aliphatic carboxylic acids is 1. The minimum absolute atomic E-state index is 0.0198. The zero-order valence-electron chi connectivity index (χ0n) is 8.55. The molecular weight excluding hydrogens is 263 g/mol. The highest BCUT2D eigenvalue weighted by molar-refractivity contribution is 9.10. The highest BCUT2D eigenvalue weighted by Gasteiger charge is 2.24. The first-order chi connectivity index (χ1) is 6.83. The summed E-state index contributed by atoms with van der Waals surface area (Å²) in [5.41, 5.74) is 0.124. The molecule has 1 rings (SSSR count). The summed E-state index contributed by atoms with van der Waals surface area (Å²) in [5.74, 6) is -1.26. The molecule has 0 atom stereocenters. The number of rotatable bonds is 3. The SMILES string of the molecule is CC(C)(CC(=O)O)c1ccc(Br)c(F)c1. The predicted molar refractivity (Wildman–Crippen MR) is 59.4 cm³/mol. The second kappa shape index (κ2) is 4.31. The van der Waals surface area contributed by atoms with E-state index in [1.54, 1.807) is 26.0 Å². The Morgan fingerprint density at radius 1 is 1.53 bits per heavy atom. The first kappa shape index (κ1) is 12.2. The number of carboxylic acid groups (broad SMARTS) is 1. The lowest BCUT2D eigenvalue weighted by molar-refractivity contribution is -0.138. The van der Waals surface area contributed by atoms with Gasteiger partial charge < -0.3 is 5.11 Å². The summed E-state index contributed by atoms with van der Waals surface area (Å²) in [5, 5.41) is 8.73. The molecule has 0 heterocycles. The molecule has 0 aliphatic heterocycles. The summed E-state index contributed by atoms with van der Waals surface area (Å²) in [4.78, 5) is 10.6. The van der Waals surface area contributed by atoms with Crippen molar-refractivity contribution in [1.29, 1.82) is 0 Å². The molecule has 0 spiro atoms. The van der Waals surface area contributed by atoms with E-state index in [2.05, 4.69) is 15.9 Å². The van der Waals surface area contributed by atoms with Crippen LogP contribution in [0.25, 0.3) is 0 Å². The summed E-state index contributed by atoms with van der Waals surface area (Å²) in [6, 6.07) is 4.69. The molecule has 1 aromatic carbocycles. The van der Waals surface area contributed by atoms with Crippen molar-refractivity contribution in [3.8, 4) is 0 Å². The molecule has 0 aromatic heterocycles. The van der Waals surface area contributed by atoms with Crippen molar-refractivity contribution in [2.24, 2.45) is 0 Å². The molecular formula is C11H12BrFO2. The van der Waals surface area contributed by atoms with Crippen LogP contribution in [-0.4, -0.2) is 11.1 Å². The molecule has 0 aliphatic rings. The highest BCUT2D eigenvalue weighted by atomic mass is 79.9. The first-order valence-corrected chi connectivity index (χ1v) is 5.29. The van der Waals surface area contributed by atoms with E-state index in [0.29, 0.717) is 10.0 Å². The molecule has 0 radical (unpaired) electrons. The van der Waals surface area contributed by atoms with Crippen molar-refractivity contribution in [2.45, 2.75) is 25.7 Å². The van der Waals surface area contributed by atoms with Crippen molar-refractivity contribution >= 4 is 21.9 Å². The molecule has 4 heteroatoms. The van der Waals surface area contributed by atoms with Gasteiger partial charge in [-0.15, -0.1) is 0 Å². The standard InChI is InChI=1S/C11H12BrFO2/c1-11(2,6-10(14)15)7-3-4-8(12)9(13)5-7/h3-5H,6H2,1-2H3,(H,14,15). The smallest absolute Gasteiger partial charge is 0.304 e. The molecule has 1 N–H and O–H groups in total. The summed E-state index contributed by atoms with van der Waals surface area (Å²) in [6.07, 6.45) is -0.0198. The van der Waals surface area contributed by atoms with Crippen molar-refractivity contribution in [3.05, 3.63) is 34.1 Å². The van der Waals surface area contributed by atoms with Gasteiger partial charge in [0.2, 0.25) is 0 Å². The molecule has 0 aliphatic carbocycles. The van der Waals surface area contributed by atoms with Crippen LogP contribution in [0.2, 0.25) is 0 Å². The summed E-state index contributed by atoms with van der Waals surface area (Å²) < 4.78 is 13.6. The van der Waals surface area contributed by atoms with Gasteiger partial charge in [-0.3, -0.25) is 4.79 Å². The van der Waals surface area contributed by atoms with Gasteiger partial charge in [-0.2, -0.15) is 0 Å². The Morgan fingerprint density at radius 2 is 2.13 bits per heavy atom. The normalized spacial score (nSPS) is 11.5. The van der Waals surface area contributed by atoms with Crippen LogP contribution < -0.4 is 0 Å². The molecule has 2 nitrogen and oxygen atoms in total. The molecule has 82 valence electrons. The molecule has 0 unspecified atom stereocenters. The molecule has 0 amide bonds. The van der Waals surface area contributed by atoms with Crippen LogP contribution in [0.4, 0.5) is 4.39 Å². The van der Waals surface area contributed by atoms with Gasteiger partial charge in [-0.1, -0.05) is 19.9 Å². The van der Waals surface area contributed by atoms with Gasteiger partial charge in [0.05, 0.1) is 10.9 Å². The zero-order valence-corrected chi connectivity index (χ0v) is 10.1. The topological polar surface area (TPSA) is 37.3 Å². The van der Waals surface area contributed by atoms with Crippen LogP contribution in [-0.2, 0) is 10.2 Å². The van der Waals surface area contributed by atoms with E-state index in [1.165, 1.54) is 6.07 Å². The van der Waals surface area contributed by atoms with Crippen LogP contribution in [0.1, 0.15) is 25.8 Å². The van der Waals surface area contributed by atoms with Gasteiger partial charge in [-0.05, 0) is 33.6 Å². The number of carbonyl (C=O) groups is 1. The van der Waals surface area contributed by atoms with Gasteiger partial charge in [0, 0.05) is 5.41 Å². The largest absolute Gasteiger partial charge is 0.481 e. The van der Waals surface area contributed by atoms with E-state index in [-0.39, 0.29) is 12.2 Å². The quantitative estimate of drug-likeness (QED) is 0.918. The van der Waals surface area contributed by atoms with Crippen LogP contribution in [0.3, 0.4) is 0 Å².